The van der Waals surface area contributed by atoms with Crippen LogP contribution in [0.5, 0.6) is 0 Å². The predicted octanol–water partition coefficient (Wildman–Crippen LogP) is 6.85. The monoisotopic (exact) mass is 512 g/mol. The molecule has 5 aromatic carbocycles. The van der Waals surface area contributed by atoms with Gasteiger partial charge >= 0.3 is 5.84 Å². The van der Waals surface area contributed by atoms with Crippen molar-refractivity contribution in [3.8, 4) is 33.9 Å². The van der Waals surface area contributed by atoms with Crippen LogP contribution in [0.4, 0.5) is 0 Å². The van der Waals surface area contributed by atoms with Crippen LogP contribution in [0, 0.1) is 0 Å². The van der Waals surface area contributed by atoms with Gasteiger partial charge in [-0.15, -0.1) is 0 Å². The maximum absolute atomic E-state index is 5.05. The van der Waals surface area contributed by atoms with Gasteiger partial charge in [0.05, 0.1) is 5.56 Å². The smallest absolute Gasteiger partial charge is 0.423 e. The van der Waals surface area contributed by atoms with E-state index in [2.05, 4.69) is 48.5 Å². The molecule has 0 aliphatic carbocycles. The summed E-state index contributed by atoms with van der Waals surface area (Å²) in [5, 5.41) is 0. The maximum Gasteiger partial charge on any atom is 0.423 e. The Morgan fingerprint density at radius 2 is 1.00 bits per heavy atom. The summed E-state index contributed by atoms with van der Waals surface area (Å²) in [5.74, 6) is 1.42. The van der Waals surface area contributed by atoms with E-state index in [9.17, 15) is 0 Å². The van der Waals surface area contributed by atoms with Gasteiger partial charge in [0.1, 0.15) is 0 Å². The molecule has 40 heavy (non-hydrogen) atoms. The second-order valence-corrected chi connectivity index (χ2v) is 9.53. The van der Waals surface area contributed by atoms with Crippen LogP contribution in [0.25, 0.3) is 33.9 Å². The largest absolute Gasteiger partial charge is 0.435 e. The summed E-state index contributed by atoms with van der Waals surface area (Å²) < 4.78 is 5.00. The second-order valence-electron chi connectivity index (χ2n) is 9.53. The van der Waals surface area contributed by atoms with Crippen LogP contribution >= 0.6 is 0 Å². The first-order valence-corrected chi connectivity index (χ1v) is 13.3. The predicted molar refractivity (Wildman–Crippen MR) is 164 cm³/mol. The van der Waals surface area contributed by atoms with Gasteiger partial charge in [0.15, 0.2) is 0 Å². The van der Waals surface area contributed by atoms with Crippen molar-refractivity contribution in [2.75, 3.05) is 0 Å². The minimum absolute atomic E-state index is 0.712. The summed E-state index contributed by atoms with van der Waals surface area (Å²) in [5.41, 5.74) is 9.40. The fraction of sp³-hybridized carbons (Fsp3) is 0. The highest BCUT2D eigenvalue weighted by Gasteiger charge is 2.32. The zero-order valence-electron chi connectivity index (χ0n) is 21.6. The highest BCUT2D eigenvalue weighted by Crippen LogP contribution is 2.33. The van der Waals surface area contributed by atoms with E-state index >= 15 is 0 Å². The number of aromatic nitrogens is 2. The van der Waals surface area contributed by atoms with Crippen molar-refractivity contribution in [2.45, 2.75) is 0 Å². The van der Waals surface area contributed by atoms with Gasteiger partial charge in [-0.3, -0.25) is 0 Å². The van der Waals surface area contributed by atoms with Crippen LogP contribution in [0.15, 0.2) is 151 Å². The molecule has 0 N–H and O–H groups in total. The van der Waals surface area contributed by atoms with Crippen LogP contribution in [0.2, 0.25) is 0 Å². The SMILES string of the molecule is c1ccc(C2=[N+]=C(c3ccccc3)C(c3cccc(-c4[n-]c(-c5ccccc5)nc4-c4ccccc4)c3)=N2)cc1. The molecule has 6 aromatic rings. The summed E-state index contributed by atoms with van der Waals surface area (Å²) in [7, 11) is 0. The van der Waals surface area contributed by atoms with Crippen molar-refractivity contribution in [1.82, 2.24) is 14.6 Å². The highest BCUT2D eigenvalue weighted by atomic mass is 14.9. The second kappa shape index (κ2) is 10.3. The van der Waals surface area contributed by atoms with Gasteiger partial charge in [-0.1, -0.05) is 121 Å². The molecule has 4 nitrogen and oxygen atoms in total. The molecule has 0 amide bonds. The van der Waals surface area contributed by atoms with E-state index in [1.807, 2.05) is 97.1 Å². The van der Waals surface area contributed by atoms with Gasteiger partial charge in [-0.25, -0.2) is 0 Å². The van der Waals surface area contributed by atoms with Gasteiger partial charge in [0.25, 0.3) is 5.71 Å². The molecule has 0 unspecified atom stereocenters. The lowest BCUT2D eigenvalue weighted by Gasteiger charge is -2.10. The minimum Gasteiger partial charge on any atom is -0.435 e. The normalized spacial score (nSPS) is 12.6. The quantitative estimate of drug-likeness (QED) is 0.229. The van der Waals surface area contributed by atoms with Crippen molar-refractivity contribution >= 4 is 17.3 Å². The number of hydrogen-bond donors (Lipinski definition) is 0. The van der Waals surface area contributed by atoms with Crippen molar-refractivity contribution in [3.05, 3.63) is 162 Å². The molecule has 2 heterocycles. The maximum atomic E-state index is 5.05. The Bertz CT molecular complexity index is 1900. The van der Waals surface area contributed by atoms with Crippen molar-refractivity contribution < 1.29 is 0 Å². The standard InChI is InChI=1S/C36H24N4/c1-5-14-25(15-6-1)31-33(39-35(37-31)27-18-9-3-10-19-27)29-22-13-23-30(24-29)34-32(26-16-7-2-8-17-26)38-36(40-34)28-20-11-4-12-21-28/h1-24H. The fourth-order valence-corrected chi connectivity index (χ4v) is 4.93. The molecule has 0 atom stereocenters. The molecule has 7 rings (SSSR count). The lowest BCUT2D eigenvalue weighted by Crippen LogP contribution is -2.16. The Morgan fingerprint density at radius 3 is 1.65 bits per heavy atom. The molecule has 0 fully saturated rings. The minimum atomic E-state index is 0.712. The van der Waals surface area contributed by atoms with Gasteiger partial charge in [-0.05, 0) is 63.4 Å². The molecule has 1 aliphatic heterocycles. The molecule has 1 aliphatic rings. The third-order valence-corrected chi connectivity index (χ3v) is 6.89. The number of hydrogen-bond acceptors (Lipinski definition) is 2. The number of aliphatic imine (C=N–C) groups is 1. The van der Waals surface area contributed by atoms with E-state index in [1.165, 1.54) is 0 Å². The van der Waals surface area contributed by atoms with E-state index in [0.29, 0.717) is 11.7 Å². The topological polar surface area (TPSA) is 53.5 Å². The first-order valence-electron chi connectivity index (χ1n) is 13.3. The van der Waals surface area contributed by atoms with Crippen LogP contribution < -0.4 is 9.65 Å². The Morgan fingerprint density at radius 1 is 0.475 bits per heavy atom. The number of rotatable bonds is 6. The first kappa shape index (κ1) is 23.5. The Hall–Kier alpha value is -5.57. The molecular formula is C36H24N4. The third kappa shape index (κ3) is 4.49. The van der Waals surface area contributed by atoms with Crippen LogP contribution in [-0.4, -0.2) is 22.2 Å². The number of nitrogens with zero attached hydrogens (tertiary/aromatic N) is 4. The molecule has 1 aromatic heterocycles. The molecule has 0 bridgehead atoms. The van der Waals surface area contributed by atoms with E-state index in [1.54, 1.807) is 0 Å². The van der Waals surface area contributed by atoms with Crippen molar-refractivity contribution in [3.63, 3.8) is 0 Å². The average molecular weight is 513 g/mol. The summed E-state index contributed by atoms with van der Waals surface area (Å²) in [4.78, 5) is 15.1. The van der Waals surface area contributed by atoms with Crippen LogP contribution in [0.3, 0.4) is 0 Å². The lowest BCUT2D eigenvalue weighted by molar-refractivity contribution is 1.29. The fourth-order valence-electron chi connectivity index (χ4n) is 4.93. The number of imidazole rings is 1. The molecule has 4 heteroatoms. The van der Waals surface area contributed by atoms with E-state index in [4.69, 9.17) is 19.6 Å². The van der Waals surface area contributed by atoms with Gasteiger partial charge in [-0.2, -0.15) is 4.67 Å². The Kier molecular flexibility index (Phi) is 6.06. The molecular weight excluding hydrogens is 488 g/mol. The zero-order chi connectivity index (χ0) is 26.7. The molecule has 0 saturated heterocycles. The molecule has 0 spiro atoms. The number of benzene rings is 5. The van der Waals surface area contributed by atoms with E-state index in [0.717, 1.165) is 56.2 Å². The van der Waals surface area contributed by atoms with Crippen LogP contribution in [-0.2, 0) is 0 Å². The van der Waals surface area contributed by atoms with Crippen LogP contribution in [0.1, 0.15) is 16.7 Å². The third-order valence-electron chi connectivity index (χ3n) is 6.89. The van der Waals surface area contributed by atoms with Gasteiger partial charge in [0.2, 0.25) is 5.71 Å². The average Bonchev–Trinajstić information content (AvgIpc) is 3.69. The zero-order valence-corrected chi connectivity index (χ0v) is 21.6. The molecule has 188 valence electrons. The highest BCUT2D eigenvalue weighted by molar-refractivity contribution is 6.56. The summed E-state index contributed by atoms with van der Waals surface area (Å²) in [6.45, 7) is 0. The lowest BCUT2D eigenvalue weighted by atomic mass is 9.97. The summed E-state index contributed by atoms with van der Waals surface area (Å²) >= 11 is 0. The molecule has 0 saturated carbocycles. The Balaban J connectivity index is 1.36. The van der Waals surface area contributed by atoms with Crippen molar-refractivity contribution in [1.29, 1.82) is 0 Å². The van der Waals surface area contributed by atoms with E-state index in [-0.39, 0.29) is 0 Å². The van der Waals surface area contributed by atoms with E-state index < -0.39 is 0 Å². The van der Waals surface area contributed by atoms with Crippen molar-refractivity contribution in [2.24, 2.45) is 4.99 Å². The summed E-state index contributed by atoms with van der Waals surface area (Å²) in [6.07, 6.45) is 0. The summed E-state index contributed by atoms with van der Waals surface area (Å²) in [6, 6.07) is 49.1. The van der Waals surface area contributed by atoms with Gasteiger partial charge < -0.3 is 9.97 Å². The first-order chi connectivity index (χ1) is 19.8. The molecule has 0 radical (unpaired) electrons. The van der Waals surface area contributed by atoms with Gasteiger partial charge in [0, 0.05) is 11.1 Å². The number of amidine groups is 1. The Labute approximate surface area is 232 Å².